The molecule has 0 saturated heterocycles. The molecule has 0 spiro atoms. The van der Waals surface area contributed by atoms with Crippen LogP contribution in [0.5, 0.6) is 0 Å². The topological polar surface area (TPSA) is 66.5 Å². The van der Waals surface area contributed by atoms with Gasteiger partial charge in [-0.2, -0.15) is 0 Å². The van der Waals surface area contributed by atoms with Crippen LogP contribution in [-0.4, -0.2) is 33.2 Å². The molecule has 1 atom stereocenters. The molecule has 0 aliphatic carbocycles. The standard InChI is InChI=1S/C16H24N2O3S/c1-11(2)12(3)17-16(19)14-7-8-15-13(10-14)6-5-9-18(15)22(4,20)21/h7-8,10-12H,5-6,9H2,1-4H3,(H,17,19)/t12-/m0/s1. The summed E-state index contributed by atoms with van der Waals surface area (Å²) in [6, 6.07) is 5.35. The number of anilines is 1. The molecule has 0 fully saturated rings. The lowest BCUT2D eigenvalue weighted by Gasteiger charge is -2.29. The Labute approximate surface area is 132 Å². The van der Waals surface area contributed by atoms with Gasteiger partial charge in [0, 0.05) is 18.2 Å². The van der Waals surface area contributed by atoms with Crippen molar-refractivity contribution in [2.75, 3.05) is 17.1 Å². The number of nitrogens with one attached hydrogen (secondary N) is 1. The highest BCUT2D eigenvalue weighted by Crippen LogP contribution is 2.29. The number of carbonyl (C=O) groups is 1. The van der Waals surface area contributed by atoms with Gasteiger partial charge in [-0.05, 0) is 49.4 Å². The van der Waals surface area contributed by atoms with E-state index >= 15 is 0 Å². The third-order valence-corrected chi connectivity index (χ3v) is 5.36. The minimum Gasteiger partial charge on any atom is -0.349 e. The van der Waals surface area contributed by atoms with Crippen LogP contribution < -0.4 is 9.62 Å². The second-order valence-corrected chi connectivity index (χ2v) is 8.20. The lowest BCUT2D eigenvalue weighted by atomic mass is 10.00. The smallest absolute Gasteiger partial charge is 0.251 e. The molecule has 6 heteroatoms. The van der Waals surface area contributed by atoms with Gasteiger partial charge in [0.25, 0.3) is 5.91 Å². The Kier molecular flexibility index (Phi) is 4.80. The maximum absolute atomic E-state index is 12.3. The average molecular weight is 324 g/mol. The van der Waals surface area contributed by atoms with Crippen LogP contribution in [0.2, 0.25) is 0 Å². The zero-order valence-corrected chi connectivity index (χ0v) is 14.4. The molecule has 0 bridgehead atoms. The molecule has 2 rings (SSSR count). The SMILES string of the molecule is CC(C)[C@H](C)NC(=O)c1ccc2c(c1)CCCN2S(C)(=O)=O. The highest BCUT2D eigenvalue weighted by Gasteiger charge is 2.25. The fraction of sp³-hybridized carbons (Fsp3) is 0.562. The molecule has 1 aromatic carbocycles. The van der Waals surface area contributed by atoms with Gasteiger partial charge in [-0.3, -0.25) is 9.10 Å². The molecule has 0 unspecified atom stereocenters. The van der Waals surface area contributed by atoms with Crippen LogP contribution in [0.15, 0.2) is 18.2 Å². The molecule has 1 amide bonds. The Morgan fingerprint density at radius 3 is 2.55 bits per heavy atom. The van der Waals surface area contributed by atoms with Gasteiger partial charge in [-0.1, -0.05) is 13.8 Å². The molecule has 0 aromatic heterocycles. The van der Waals surface area contributed by atoms with Gasteiger partial charge in [0.2, 0.25) is 10.0 Å². The highest BCUT2D eigenvalue weighted by molar-refractivity contribution is 7.92. The summed E-state index contributed by atoms with van der Waals surface area (Å²) in [6.07, 6.45) is 2.78. The minimum absolute atomic E-state index is 0.0936. The zero-order valence-electron chi connectivity index (χ0n) is 13.6. The number of aryl methyl sites for hydroxylation is 1. The summed E-state index contributed by atoms with van der Waals surface area (Å²) in [5.74, 6) is 0.253. The number of hydrogen-bond acceptors (Lipinski definition) is 3. The predicted octanol–water partition coefficient (Wildman–Crippen LogP) is 2.17. The molecule has 1 aliphatic heterocycles. The Balaban J connectivity index is 2.27. The summed E-state index contributed by atoms with van der Waals surface area (Å²) in [7, 11) is -3.27. The van der Waals surface area contributed by atoms with Crippen molar-refractivity contribution in [3.05, 3.63) is 29.3 Å². The van der Waals surface area contributed by atoms with Crippen LogP contribution in [0.3, 0.4) is 0 Å². The van der Waals surface area contributed by atoms with Crippen molar-refractivity contribution in [2.24, 2.45) is 5.92 Å². The van der Waals surface area contributed by atoms with E-state index in [2.05, 4.69) is 19.2 Å². The number of rotatable bonds is 4. The summed E-state index contributed by atoms with van der Waals surface area (Å²) in [5, 5.41) is 2.97. The molecule has 1 aliphatic rings. The first-order valence-corrected chi connectivity index (χ1v) is 9.46. The van der Waals surface area contributed by atoms with Gasteiger partial charge in [0.15, 0.2) is 0 Å². The van der Waals surface area contributed by atoms with Gasteiger partial charge in [-0.15, -0.1) is 0 Å². The molecular formula is C16H24N2O3S. The Morgan fingerprint density at radius 2 is 1.95 bits per heavy atom. The monoisotopic (exact) mass is 324 g/mol. The molecule has 1 aromatic rings. The van der Waals surface area contributed by atoms with Crippen LogP contribution in [0.1, 0.15) is 43.1 Å². The molecule has 0 radical (unpaired) electrons. The van der Waals surface area contributed by atoms with E-state index in [1.54, 1.807) is 12.1 Å². The van der Waals surface area contributed by atoms with E-state index in [1.807, 2.05) is 13.0 Å². The first kappa shape index (κ1) is 16.8. The summed E-state index contributed by atoms with van der Waals surface area (Å²) in [4.78, 5) is 12.3. The summed E-state index contributed by atoms with van der Waals surface area (Å²) < 4.78 is 25.1. The normalized spacial score (nSPS) is 16.3. The van der Waals surface area contributed by atoms with Crippen molar-refractivity contribution in [3.63, 3.8) is 0 Å². The van der Waals surface area contributed by atoms with Crippen molar-refractivity contribution < 1.29 is 13.2 Å². The first-order valence-electron chi connectivity index (χ1n) is 7.61. The molecule has 1 heterocycles. The quantitative estimate of drug-likeness (QED) is 0.923. The summed E-state index contributed by atoms with van der Waals surface area (Å²) in [5.41, 5.74) is 2.20. The molecule has 5 nitrogen and oxygen atoms in total. The maximum atomic E-state index is 12.3. The molecule has 122 valence electrons. The Bertz CT molecular complexity index is 668. The number of hydrogen-bond donors (Lipinski definition) is 1. The lowest BCUT2D eigenvalue weighted by Crippen LogP contribution is -2.37. The summed E-state index contributed by atoms with van der Waals surface area (Å²) in [6.45, 7) is 6.59. The molecule has 1 N–H and O–H groups in total. The van der Waals surface area contributed by atoms with Crippen LogP contribution in [0.4, 0.5) is 5.69 Å². The maximum Gasteiger partial charge on any atom is 0.251 e. The van der Waals surface area contributed by atoms with E-state index < -0.39 is 10.0 Å². The van der Waals surface area contributed by atoms with Gasteiger partial charge >= 0.3 is 0 Å². The number of benzene rings is 1. The number of amides is 1. The van der Waals surface area contributed by atoms with Crippen molar-refractivity contribution in [1.82, 2.24) is 5.32 Å². The third kappa shape index (κ3) is 3.61. The van der Waals surface area contributed by atoms with E-state index in [4.69, 9.17) is 0 Å². The van der Waals surface area contributed by atoms with Crippen LogP contribution in [-0.2, 0) is 16.4 Å². The van der Waals surface area contributed by atoms with E-state index in [-0.39, 0.29) is 11.9 Å². The van der Waals surface area contributed by atoms with E-state index in [0.29, 0.717) is 23.7 Å². The molecule has 22 heavy (non-hydrogen) atoms. The number of carbonyl (C=O) groups excluding carboxylic acids is 1. The first-order chi connectivity index (χ1) is 10.2. The highest BCUT2D eigenvalue weighted by atomic mass is 32.2. The largest absolute Gasteiger partial charge is 0.349 e. The predicted molar refractivity (Wildman–Crippen MR) is 88.7 cm³/mol. The summed E-state index contributed by atoms with van der Waals surface area (Å²) >= 11 is 0. The van der Waals surface area contributed by atoms with Gasteiger partial charge in [-0.25, -0.2) is 8.42 Å². The van der Waals surface area contributed by atoms with Crippen LogP contribution >= 0.6 is 0 Å². The van der Waals surface area contributed by atoms with E-state index in [0.717, 1.165) is 18.4 Å². The Morgan fingerprint density at radius 1 is 1.27 bits per heavy atom. The lowest BCUT2D eigenvalue weighted by molar-refractivity contribution is 0.0930. The van der Waals surface area contributed by atoms with Crippen molar-refractivity contribution in [1.29, 1.82) is 0 Å². The van der Waals surface area contributed by atoms with Crippen LogP contribution in [0.25, 0.3) is 0 Å². The third-order valence-electron chi connectivity index (χ3n) is 4.18. The fourth-order valence-electron chi connectivity index (χ4n) is 2.51. The van der Waals surface area contributed by atoms with E-state index in [1.165, 1.54) is 10.6 Å². The van der Waals surface area contributed by atoms with E-state index in [9.17, 15) is 13.2 Å². The zero-order chi connectivity index (χ0) is 16.5. The average Bonchev–Trinajstić information content (AvgIpc) is 2.44. The van der Waals surface area contributed by atoms with Crippen molar-refractivity contribution in [3.8, 4) is 0 Å². The second-order valence-electron chi connectivity index (χ2n) is 6.29. The number of sulfonamides is 1. The molecular weight excluding hydrogens is 300 g/mol. The minimum atomic E-state index is -3.27. The van der Waals surface area contributed by atoms with Gasteiger partial charge in [0.1, 0.15) is 0 Å². The second kappa shape index (κ2) is 6.28. The van der Waals surface area contributed by atoms with Crippen LogP contribution in [0, 0.1) is 5.92 Å². The molecule has 0 saturated carbocycles. The fourth-order valence-corrected chi connectivity index (χ4v) is 3.50. The number of fused-ring (bicyclic) bond motifs is 1. The number of nitrogens with zero attached hydrogens (tertiary/aromatic N) is 1. The van der Waals surface area contributed by atoms with Gasteiger partial charge in [0.05, 0.1) is 11.9 Å². The van der Waals surface area contributed by atoms with Crippen molar-refractivity contribution >= 4 is 21.6 Å². The Hall–Kier alpha value is -1.56. The van der Waals surface area contributed by atoms with Gasteiger partial charge < -0.3 is 5.32 Å². The van der Waals surface area contributed by atoms with Crippen molar-refractivity contribution in [2.45, 2.75) is 39.7 Å².